The summed E-state index contributed by atoms with van der Waals surface area (Å²) in [5.74, 6) is 1.53. The van der Waals surface area contributed by atoms with E-state index in [9.17, 15) is 0 Å². The van der Waals surface area contributed by atoms with Crippen molar-refractivity contribution in [2.75, 3.05) is 0 Å². The minimum atomic E-state index is -0.158. The molecule has 0 aliphatic heterocycles. The number of imidazole rings is 1. The number of alkyl halides is 1. The fourth-order valence-corrected chi connectivity index (χ4v) is 3.18. The van der Waals surface area contributed by atoms with Gasteiger partial charge in [-0.15, -0.1) is 11.6 Å². The van der Waals surface area contributed by atoms with Crippen LogP contribution in [0.4, 0.5) is 0 Å². The average Bonchev–Trinajstić information content (AvgIpc) is 2.77. The highest BCUT2D eigenvalue weighted by Crippen LogP contribution is 2.34. The molecule has 3 unspecified atom stereocenters. The van der Waals surface area contributed by atoms with Crippen molar-refractivity contribution in [2.24, 2.45) is 5.92 Å². The molecule has 0 spiro atoms. The van der Waals surface area contributed by atoms with Gasteiger partial charge in [0.2, 0.25) is 0 Å². The van der Waals surface area contributed by atoms with Crippen LogP contribution in [0.1, 0.15) is 57.8 Å². The van der Waals surface area contributed by atoms with Crippen molar-refractivity contribution in [2.45, 2.75) is 52.0 Å². The maximum Gasteiger partial charge on any atom is 0.127 e. The van der Waals surface area contributed by atoms with Crippen LogP contribution in [0.3, 0.4) is 0 Å². The molecule has 116 valence electrons. The van der Waals surface area contributed by atoms with Crippen LogP contribution in [-0.4, -0.2) is 9.55 Å². The summed E-state index contributed by atoms with van der Waals surface area (Å²) in [6.07, 6.45) is 2.24. The van der Waals surface area contributed by atoms with Crippen LogP contribution < -0.4 is 0 Å². The van der Waals surface area contributed by atoms with Crippen molar-refractivity contribution < 1.29 is 0 Å². The van der Waals surface area contributed by atoms with Gasteiger partial charge in [-0.05, 0) is 38.3 Å². The predicted molar refractivity (Wildman–Crippen MR) is 92.8 cm³/mol. The summed E-state index contributed by atoms with van der Waals surface area (Å²) >= 11 is 18.6. The molecule has 1 aromatic carbocycles. The van der Waals surface area contributed by atoms with Crippen LogP contribution in [0.25, 0.3) is 11.0 Å². The normalized spacial score (nSPS) is 16.1. The molecule has 0 aliphatic carbocycles. The van der Waals surface area contributed by atoms with Crippen LogP contribution in [0.2, 0.25) is 10.0 Å². The van der Waals surface area contributed by atoms with Crippen molar-refractivity contribution in [3.05, 3.63) is 28.0 Å². The van der Waals surface area contributed by atoms with Gasteiger partial charge in [-0.3, -0.25) is 0 Å². The summed E-state index contributed by atoms with van der Waals surface area (Å²) in [6.45, 7) is 8.63. The second-order valence-corrected chi connectivity index (χ2v) is 7.28. The maximum atomic E-state index is 6.32. The van der Waals surface area contributed by atoms with Gasteiger partial charge in [0.05, 0.1) is 26.5 Å². The quantitative estimate of drug-likeness (QED) is 0.554. The highest BCUT2D eigenvalue weighted by atomic mass is 35.5. The van der Waals surface area contributed by atoms with E-state index < -0.39 is 0 Å². The number of fused-ring (bicyclic) bond motifs is 1. The van der Waals surface area contributed by atoms with Gasteiger partial charge in [0.15, 0.2) is 0 Å². The van der Waals surface area contributed by atoms with Gasteiger partial charge in [-0.25, -0.2) is 4.98 Å². The lowest BCUT2D eigenvalue weighted by Crippen LogP contribution is -2.12. The molecular weight excluding hydrogens is 327 g/mol. The third kappa shape index (κ3) is 3.49. The third-order valence-electron chi connectivity index (χ3n) is 4.00. The van der Waals surface area contributed by atoms with E-state index >= 15 is 0 Å². The topological polar surface area (TPSA) is 17.8 Å². The van der Waals surface area contributed by atoms with Crippen molar-refractivity contribution in [3.8, 4) is 0 Å². The number of hydrogen-bond donors (Lipinski definition) is 0. The molecule has 0 saturated heterocycles. The third-order valence-corrected chi connectivity index (χ3v) is 4.91. The Morgan fingerprint density at radius 2 is 1.76 bits per heavy atom. The first kappa shape index (κ1) is 16.9. The van der Waals surface area contributed by atoms with Gasteiger partial charge in [0, 0.05) is 6.04 Å². The predicted octanol–water partition coefficient (Wildman–Crippen LogP) is 6.64. The lowest BCUT2D eigenvalue weighted by atomic mass is 10.00. The molecule has 21 heavy (non-hydrogen) atoms. The van der Waals surface area contributed by atoms with Crippen molar-refractivity contribution in [3.63, 3.8) is 0 Å². The fourth-order valence-electron chi connectivity index (χ4n) is 2.71. The van der Waals surface area contributed by atoms with E-state index in [2.05, 4.69) is 30.3 Å². The zero-order chi connectivity index (χ0) is 15.7. The summed E-state index contributed by atoms with van der Waals surface area (Å²) in [4.78, 5) is 4.66. The average molecular weight is 348 g/mol. The number of halogens is 3. The van der Waals surface area contributed by atoms with E-state index in [1.54, 1.807) is 0 Å². The van der Waals surface area contributed by atoms with Gasteiger partial charge >= 0.3 is 0 Å². The van der Waals surface area contributed by atoms with Crippen LogP contribution in [0.5, 0.6) is 0 Å². The molecule has 0 bridgehead atoms. The number of rotatable bonds is 5. The van der Waals surface area contributed by atoms with E-state index in [4.69, 9.17) is 34.8 Å². The monoisotopic (exact) mass is 346 g/mol. The molecule has 0 saturated carbocycles. The summed E-state index contributed by atoms with van der Waals surface area (Å²) in [5.41, 5.74) is 1.85. The Labute approximate surface area is 141 Å². The Morgan fingerprint density at radius 1 is 1.14 bits per heavy atom. The molecule has 0 fully saturated rings. The fraction of sp³-hybridized carbons (Fsp3) is 0.562. The second-order valence-electron chi connectivity index (χ2n) is 5.81. The smallest absolute Gasteiger partial charge is 0.127 e. The molecule has 3 atom stereocenters. The van der Waals surface area contributed by atoms with Gasteiger partial charge in [0.1, 0.15) is 5.82 Å². The lowest BCUT2D eigenvalue weighted by Gasteiger charge is -2.21. The Bertz CT molecular complexity index is 634. The van der Waals surface area contributed by atoms with Gasteiger partial charge in [-0.2, -0.15) is 0 Å². The molecular formula is C16H21Cl3N2. The van der Waals surface area contributed by atoms with Gasteiger partial charge in [-0.1, -0.05) is 43.5 Å². The molecule has 2 aromatic rings. The number of hydrogen-bond acceptors (Lipinski definition) is 1. The Balaban J connectivity index is 2.57. The summed E-state index contributed by atoms with van der Waals surface area (Å²) < 4.78 is 2.21. The highest BCUT2D eigenvalue weighted by molar-refractivity contribution is 6.42. The first-order valence-electron chi connectivity index (χ1n) is 7.36. The van der Waals surface area contributed by atoms with Crippen molar-refractivity contribution in [1.29, 1.82) is 0 Å². The second kappa shape index (κ2) is 6.76. The van der Waals surface area contributed by atoms with Gasteiger partial charge < -0.3 is 4.57 Å². The number of aromatic nitrogens is 2. The standard InChI is InChI=1S/C16H21Cl3N2/c1-5-9(2)6-10(3)21-15-8-13(19)12(18)7-14(15)20-16(21)11(4)17/h7-11H,5-6H2,1-4H3. The first-order valence-corrected chi connectivity index (χ1v) is 8.55. The van der Waals surface area contributed by atoms with Gasteiger partial charge in [0.25, 0.3) is 0 Å². The molecule has 0 aliphatic rings. The highest BCUT2D eigenvalue weighted by Gasteiger charge is 2.21. The minimum absolute atomic E-state index is 0.158. The summed E-state index contributed by atoms with van der Waals surface area (Å²) in [5, 5.41) is 0.918. The molecule has 1 heterocycles. The summed E-state index contributed by atoms with van der Waals surface area (Å²) in [7, 11) is 0. The minimum Gasteiger partial charge on any atom is -0.324 e. The number of nitrogens with zero attached hydrogens (tertiary/aromatic N) is 2. The van der Waals surface area contributed by atoms with Crippen LogP contribution in [0.15, 0.2) is 12.1 Å². The largest absolute Gasteiger partial charge is 0.324 e. The molecule has 0 radical (unpaired) electrons. The van der Waals surface area contributed by atoms with E-state index in [0.29, 0.717) is 22.0 Å². The van der Waals surface area contributed by atoms with Crippen molar-refractivity contribution in [1.82, 2.24) is 9.55 Å². The zero-order valence-corrected chi connectivity index (χ0v) is 15.1. The summed E-state index contributed by atoms with van der Waals surface area (Å²) in [6, 6.07) is 4.02. The van der Waals surface area contributed by atoms with Crippen LogP contribution in [-0.2, 0) is 0 Å². The van der Waals surface area contributed by atoms with E-state index in [0.717, 1.165) is 29.7 Å². The Morgan fingerprint density at radius 3 is 2.33 bits per heavy atom. The molecule has 0 N–H and O–H groups in total. The lowest BCUT2D eigenvalue weighted by molar-refractivity contribution is 0.397. The molecule has 2 nitrogen and oxygen atoms in total. The molecule has 2 rings (SSSR count). The Kier molecular flexibility index (Phi) is 5.45. The Hall–Kier alpha value is -0.440. The zero-order valence-electron chi connectivity index (χ0n) is 12.8. The van der Waals surface area contributed by atoms with E-state index in [1.165, 1.54) is 0 Å². The van der Waals surface area contributed by atoms with E-state index in [1.807, 2.05) is 19.1 Å². The SMILES string of the molecule is CCC(C)CC(C)n1c(C(C)Cl)nc2cc(Cl)c(Cl)cc21. The maximum absolute atomic E-state index is 6.32. The molecule has 0 amide bonds. The number of benzene rings is 1. The van der Waals surface area contributed by atoms with E-state index in [-0.39, 0.29) is 5.38 Å². The molecule has 5 heteroatoms. The first-order chi connectivity index (χ1) is 9.85. The van der Waals surface area contributed by atoms with Crippen LogP contribution >= 0.6 is 34.8 Å². The van der Waals surface area contributed by atoms with Crippen LogP contribution in [0, 0.1) is 5.92 Å². The molecule has 1 aromatic heterocycles. The van der Waals surface area contributed by atoms with Crippen molar-refractivity contribution >= 4 is 45.8 Å².